The summed E-state index contributed by atoms with van der Waals surface area (Å²) >= 11 is 0. The zero-order valence-corrected chi connectivity index (χ0v) is 13.7. The predicted molar refractivity (Wildman–Crippen MR) is 95.8 cm³/mol. The molecule has 4 heteroatoms. The molecule has 25 heavy (non-hydrogen) atoms. The van der Waals surface area contributed by atoms with Crippen molar-refractivity contribution in [1.82, 2.24) is 4.98 Å². The quantitative estimate of drug-likeness (QED) is 0.747. The summed E-state index contributed by atoms with van der Waals surface area (Å²) < 4.78 is 0. The summed E-state index contributed by atoms with van der Waals surface area (Å²) in [5.41, 5.74) is 5.31. The Kier molecular flexibility index (Phi) is 3.77. The maximum atomic E-state index is 11.5. The number of aromatic amines is 1. The van der Waals surface area contributed by atoms with Gasteiger partial charge in [0.05, 0.1) is 22.7 Å². The lowest BCUT2D eigenvalue weighted by atomic mass is 9.83. The molecule has 0 fully saturated rings. The van der Waals surface area contributed by atoms with Gasteiger partial charge in [0.25, 0.3) is 0 Å². The van der Waals surface area contributed by atoms with Crippen molar-refractivity contribution < 1.29 is 9.90 Å². The standard InChI is InChI=1S/C21H18N2O2/c22-12-14-5-1-4-13(10-14)11-15-6-2-7-16-17-8-3-9-18(21(24)25)20(17)23-19(15)16/h1,3-5,8-10,15,23H,2,6-7,11H2,(H,24,25). The third-order valence-corrected chi connectivity index (χ3v) is 5.13. The average Bonchev–Trinajstić information content (AvgIpc) is 3.01. The van der Waals surface area contributed by atoms with Crippen LogP contribution in [0.3, 0.4) is 0 Å². The van der Waals surface area contributed by atoms with Crippen LogP contribution < -0.4 is 0 Å². The fraction of sp³-hybridized carbons (Fsp3) is 0.238. The Balaban J connectivity index is 1.77. The fourth-order valence-electron chi connectivity index (χ4n) is 4.02. The average molecular weight is 330 g/mol. The minimum absolute atomic E-state index is 0.326. The molecule has 1 unspecified atom stereocenters. The molecule has 2 N–H and O–H groups in total. The second kappa shape index (κ2) is 6.10. The van der Waals surface area contributed by atoms with Crippen LogP contribution in [0.1, 0.15) is 51.5 Å². The fourth-order valence-corrected chi connectivity index (χ4v) is 4.02. The summed E-state index contributed by atoms with van der Waals surface area (Å²) in [6.45, 7) is 0. The van der Waals surface area contributed by atoms with Crippen LogP contribution in [0.15, 0.2) is 42.5 Å². The summed E-state index contributed by atoms with van der Waals surface area (Å²) in [5, 5.41) is 19.6. The van der Waals surface area contributed by atoms with Gasteiger partial charge in [-0.25, -0.2) is 4.79 Å². The molecule has 0 saturated carbocycles. The summed E-state index contributed by atoms with van der Waals surface area (Å²) in [5.74, 6) is -0.575. The van der Waals surface area contributed by atoms with E-state index in [1.807, 2.05) is 30.3 Å². The molecule has 1 aliphatic carbocycles. The molecule has 1 aliphatic rings. The summed E-state index contributed by atoms with van der Waals surface area (Å²) in [4.78, 5) is 14.9. The molecule has 4 rings (SSSR count). The highest BCUT2D eigenvalue weighted by Crippen LogP contribution is 2.38. The molecule has 3 aromatic rings. The van der Waals surface area contributed by atoms with E-state index in [0.29, 0.717) is 17.0 Å². The largest absolute Gasteiger partial charge is 0.478 e. The molecule has 0 spiro atoms. The maximum Gasteiger partial charge on any atom is 0.337 e. The first kappa shape index (κ1) is 15.5. The number of nitrogens with zero attached hydrogens (tertiary/aromatic N) is 1. The topological polar surface area (TPSA) is 76.9 Å². The number of H-pyrrole nitrogens is 1. The van der Waals surface area contributed by atoms with Gasteiger partial charge in [-0.05, 0) is 55.0 Å². The molecular formula is C21H18N2O2. The van der Waals surface area contributed by atoms with Crippen LogP contribution in [0.5, 0.6) is 0 Å². The minimum Gasteiger partial charge on any atom is -0.478 e. The van der Waals surface area contributed by atoms with Gasteiger partial charge >= 0.3 is 5.97 Å². The second-order valence-corrected chi connectivity index (χ2v) is 6.66. The van der Waals surface area contributed by atoms with Crippen LogP contribution in [0.25, 0.3) is 10.9 Å². The number of hydrogen-bond acceptors (Lipinski definition) is 2. The number of fused-ring (bicyclic) bond motifs is 3. The van der Waals surface area contributed by atoms with E-state index < -0.39 is 5.97 Å². The highest BCUT2D eigenvalue weighted by atomic mass is 16.4. The molecule has 1 heterocycles. The van der Waals surface area contributed by atoms with E-state index in [1.54, 1.807) is 6.07 Å². The lowest BCUT2D eigenvalue weighted by Gasteiger charge is -2.23. The first-order valence-corrected chi connectivity index (χ1v) is 8.53. The molecule has 2 aromatic carbocycles. The lowest BCUT2D eigenvalue weighted by Crippen LogP contribution is -2.11. The maximum absolute atomic E-state index is 11.5. The van der Waals surface area contributed by atoms with Crippen LogP contribution >= 0.6 is 0 Å². The molecule has 0 bridgehead atoms. The molecule has 0 radical (unpaired) electrons. The molecular weight excluding hydrogens is 312 g/mol. The van der Waals surface area contributed by atoms with Gasteiger partial charge in [0, 0.05) is 17.0 Å². The van der Waals surface area contributed by atoms with Gasteiger partial charge in [-0.3, -0.25) is 0 Å². The Hall–Kier alpha value is -3.06. The number of carbonyl (C=O) groups is 1. The van der Waals surface area contributed by atoms with E-state index in [-0.39, 0.29) is 0 Å². The summed E-state index contributed by atoms with van der Waals surface area (Å²) in [7, 11) is 0. The van der Waals surface area contributed by atoms with E-state index in [2.05, 4.69) is 17.1 Å². The smallest absolute Gasteiger partial charge is 0.337 e. The van der Waals surface area contributed by atoms with Crippen molar-refractivity contribution in [3.05, 3.63) is 70.4 Å². The van der Waals surface area contributed by atoms with Crippen LogP contribution in [0, 0.1) is 11.3 Å². The number of nitrogens with one attached hydrogen (secondary N) is 1. The van der Waals surface area contributed by atoms with E-state index in [4.69, 9.17) is 5.26 Å². The number of aromatic nitrogens is 1. The van der Waals surface area contributed by atoms with Crippen LogP contribution in [-0.2, 0) is 12.8 Å². The molecule has 0 amide bonds. The molecule has 4 nitrogen and oxygen atoms in total. The van der Waals surface area contributed by atoms with Gasteiger partial charge in [-0.1, -0.05) is 24.3 Å². The SMILES string of the molecule is N#Cc1cccc(CC2CCCc3c2[nH]c2c(C(=O)O)cccc32)c1. The first-order valence-electron chi connectivity index (χ1n) is 8.53. The lowest BCUT2D eigenvalue weighted by molar-refractivity contribution is 0.0699. The van der Waals surface area contributed by atoms with Gasteiger partial charge in [0.15, 0.2) is 0 Å². The van der Waals surface area contributed by atoms with Crippen molar-refractivity contribution in [2.75, 3.05) is 0 Å². The minimum atomic E-state index is -0.900. The van der Waals surface area contributed by atoms with Gasteiger partial charge in [-0.2, -0.15) is 5.26 Å². The Morgan fingerprint density at radius 3 is 2.92 bits per heavy atom. The van der Waals surface area contributed by atoms with Gasteiger partial charge in [-0.15, -0.1) is 0 Å². The van der Waals surface area contributed by atoms with E-state index in [0.717, 1.165) is 47.8 Å². The van der Waals surface area contributed by atoms with E-state index in [9.17, 15) is 9.90 Å². The Morgan fingerprint density at radius 2 is 2.12 bits per heavy atom. The van der Waals surface area contributed by atoms with Gasteiger partial charge < -0.3 is 10.1 Å². The van der Waals surface area contributed by atoms with E-state index >= 15 is 0 Å². The predicted octanol–water partition coefficient (Wildman–Crippen LogP) is 4.40. The van der Waals surface area contributed by atoms with Crippen molar-refractivity contribution in [2.24, 2.45) is 0 Å². The van der Waals surface area contributed by atoms with Crippen molar-refractivity contribution in [2.45, 2.75) is 31.6 Å². The molecule has 0 aliphatic heterocycles. The van der Waals surface area contributed by atoms with Gasteiger partial charge in [0.2, 0.25) is 0 Å². The zero-order chi connectivity index (χ0) is 17.4. The van der Waals surface area contributed by atoms with Crippen molar-refractivity contribution in [3.63, 3.8) is 0 Å². The monoisotopic (exact) mass is 330 g/mol. The zero-order valence-electron chi connectivity index (χ0n) is 13.7. The summed E-state index contributed by atoms with van der Waals surface area (Å²) in [6.07, 6.45) is 4.00. The number of benzene rings is 2. The number of para-hydroxylation sites is 1. The molecule has 0 saturated heterocycles. The number of aryl methyl sites for hydroxylation is 1. The molecule has 1 atom stereocenters. The number of hydrogen-bond donors (Lipinski definition) is 2. The number of carboxylic acid groups (broad SMARTS) is 1. The number of carboxylic acids is 1. The highest BCUT2D eigenvalue weighted by Gasteiger charge is 2.26. The number of rotatable bonds is 3. The van der Waals surface area contributed by atoms with E-state index in [1.165, 1.54) is 5.56 Å². The Labute approximate surface area is 145 Å². The van der Waals surface area contributed by atoms with Crippen LogP contribution in [0.2, 0.25) is 0 Å². The normalized spacial score (nSPS) is 16.4. The van der Waals surface area contributed by atoms with Gasteiger partial charge in [0.1, 0.15) is 0 Å². The highest BCUT2D eigenvalue weighted by molar-refractivity contribution is 6.03. The molecule has 1 aromatic heterocycles. The van der Waals surface area contributed by atoms with Crippen molar-refractivity contribution >= 4 is 16.9 Å². The third-order valence-electron chi connectivity index (χ3n) is 5.13. The second-order valence-electron chi connectivity index (χ2n) is 6.66. The Morgan fingerprint density at radius 1 is 1.28 bits per heavy atom. The van der Waals surface area contributed by atoms with Crippen molar-refractivity contribution in [3.8, 4) is 6.07 Å². The Bertz CT molecular complexity index is 1010. The van der Waals surface area contributed by atoms with Crippen molar-refractivity contribution in [1.29, 1.82) is 5.26 Å². The first-order chi connectivity index (χ1) is 12.2. The van der Waals surface area contributed by atoms with Crippen LogP contribution in [-0.4, -0.2) is 16.1 Å². The summed E-state index contributed by atoms with van der Waals surface area (Å²) in [6, 6.07) is 15.4. The van der Waals surface area contributed by atoms with Crippen LogP contribution in [0.4, 0.5) is 0 Å². The number of aromatic carboxylic acids is 1. The number of nitriles is 1. The third kappa shape index (κ3) is 2.68. The molecule has 124 valence electrons.